The maximum absolute atomic E-state index is 14.2. The highest BCUT2D eigenvalue weighted by Gasteiger charge is 2.24. The summed E-state index contributed by atoms with van der Waals surface area (Å²) < 4.78 is 30.1. The number of carbonyl (C=O) groups excluding carboxylic acids is 2. The van der Waals surface area contributed by atoms with Crippen LogP contribution in [0.25, 0.3) is 0 Å². The number of rotatable bonds is 5. The van der Waals surface area contributed by atoms with E-state index < -0.39 is 11.6 Å². The van der Waals surface area contributed by atoms with Crippen molar-refractivity contribution >= 4 is 17.5 Å². The number of hydrogen-bond acceptors (Lipinski definition) is 5. The summed E-state index contributed by atoms with van der Waals surface area (Å²) in [5.74, 6) is -2.22. The van der Waals surface area contributed by atoms with Gasteiger partial charge in [0.15, 0.2) is 11.6 Å². The summed E-state index contributed by atoms with van der Waals surface area (Å²) in [7, 11) is 2.00. The number of nitrogens with zero attached hydrogens (tertiary/aromatic N) is 6. The van der Waals surface area contributed by atoms with Crippen molar-refractivity contribution < 1.29 is 18.4 Å². The van der Waals surface area contributed by atoms with Gasteiger partial charge in [0.2, 0.25) is 11.8 Å². The summed E-state index contributed by atoms with van der Waals surface area (Å²) in [4.78, 5) is 35.0. The quantitative estimate of drug-likeness (QED) is 0.683. The summed E-state index contributed by atoms with van der Waals surface area (Å²) in [5, 5.41) is 4.04. The molecule has 0 saturated carbocycles. The van der Waals surface area contributed by atoms with E-state index in [4.69, 9.17) is 0 Å². The monoisotopic (exact) mass is 462 g/mol. The molecule has 0 radical (unpaired) electrons. The molecule has 0 aliphatic carbocycles. The van der Waals surface area contributed by atoms with E-state index in [0.717, 1.165) is 31.6 Å². The van der Waals surface area contributed by atoms with E-state index in [9.17, 15) is 18.4 Å². The van der Waals surface area contributed by atoms with Gasteiger partial charge in [-0.25, -0.2) is 13.8 Å². The van der Waals surface area contributed by atoms with Crippen LogP contribution < -0.4 is 4.90 Å². The number of aryl methyl sites for hydroxylation is 1. The molecule has 33 heavy (non-hydrogen) atoms. The van der Waals surface area contributed by atoms with Crippen molar-refractivity contribution in [3.63, 3.8) is 0 Å². The van der Waals surface area contributed by atoms with Crippen LogP contribution in [-0.4, -0.2) is 69.6 Å². The third-order valence-electron chi connectivity index (χ3n) is 5.86. The van der Waals surface area contributed by atoms with Crippen LogP contribution in [0.2, 0.25) is 0 Å². The molecule has 3 rings (SSSR count). The highest BCUT2D eigenvalue weighted by atomic mass is 19.2. The number of aromatic nitrogens is 3. The summed E-state index contributed by atoms with van der Waals surface area (Å²) in [5.41, 5.74) is 0.777. The van der Waals surface area contributed by atoms with Gasteiger partial charge < -0.3 is 14.7 Å². The van der Waals surface area contributed by atoms with Crippen LogP contribution in [0.3, 0.4) is 0 Å². The Morgan fingerprint density at radius 2 is 1.76 bits per heavy atom. The number of anilines is 1. The van der Waals surface area contributed by atoms with Crippen LogP contribution >= 0.6 is 0 Å². The second-order valence-corrected chi connectivity index (χ2v) is 8.38. The zero-order valence-electron chi connectivity index (χ0n) is 19.3. The highest BCUT2D eigenvalue weighted by Crippen LogP contribution is 2.27. The van der Waals surface area contributed by atoms with Gasteiger partial charge in [-0.2, -0.15) is 5.10 Å². The normalized spacial score (nSPS) is 16.1. The summed E-state index contributed by atoms with van der Waals surface area (Å²) in [6.45, 7) is 4.89. The van der Waals surface area contributed by atoms with E-state index in [-0.39, 0.29) is 24.8 Å². The molecule has 0 bridgehead atoms. The van der Waals surface area contributed by atoms with Crippen molar-refractivity contribution in [2.45, 2.75) is 52.1 Å². The molecular weight excluding hydrogens is 430 g/mol. The average molecular weight is 463 g/mol. The van der Waals surface area contributed by atoms with Gasteiger partial charge >= 0.3 is 0 Å². The first-order chi connectivity index (χ1) is 15.9. The lowest BCUT2D eigenvalue weighted by atomic mass is 10.1. The molecule has 2 aromatic rings. The number of carbonyl (C=O) groups is 2. The maximum Gasteiger partial charge on any atom is 0.226 e. The van der Waals surface area contributed by atoms with Crippen molar-refractivity contribution in [2.75, 3.05) is 38.1 Å². The molecule has 8 nitrogen and oxygen atoms in total. The first kappa shape index (κ1) is 24.8. The van der Waals surface area contributed by atoms with Gasteiger partial charge in [-0.3, -0.25) is 14.3 Å². The first-order valence-corrected chi connectivity index (χ1v) is 11.5. The molecule has 0 N–H and O–H groups in total. The molecule has 1 aromatic carbocycles. The average Bonchev–Trinajstić information content (AvgIpc) is 3.30. The van der Waals surface area contributed by atoms with Gasteiger partial charge in [-0.05, 0) is 51.0 Å². The van der Waals surface area contributed by atoms with Gasteiger partial charge in [-0.1, -0.05) is 6.92 Å². The minimum Gasteiger partial charge on any atom is -0.338 e. The largest absolute Gasteiger partial charge is 0.338 e. The third-order valence-corrected chi connectivity index (χ3v) is 5.86. The van der Waals surface area contributed by atoms with Gasteiger partial charge in [0.05, 0.1) is 5.69 Å². The zero-order valence-corrected chi connectivity index (χ0v) is 19.3. The highest BCUT2D eigenvalue weighted by molar-refractivity contribution is 5.94. The van der Waals surface area contributed by atoms with E-state index in [1.165, 1.54) is 11.2 Å². The number of amides is 2. The molecular formula is C23H32F2N6O2. The van der Waals surface area contributed by atoms with Gasteiger partial charge in [0.1, 0.15) is 12.7 Å². The number of halogens is 2. The minimum absolute atomic E-state index is 0.0705. The second kappa shape index (κ2) is 11.8. The van der Waals surface area contributed by atoms with Crippen molar-refractivity contribution in [3.8, 4) is 0 Å². The number of benzene rings is 1. The Kier molecular flexibility index (Phi) is 8.87. The molecule has 0 spiro atoms. The van der Waals surface area contributed by atoms with Crippen molar-refractivity contribution in [2.24, 2.45) is 0 Å². The molecule has 0 unspecified atom stereocenters. The van der Waals surface area contributed by atoms with Crippen LogP contribution in [0.15, 0.2) is 24.8 Å². The fourth-order valence-corrected chi connectivity index (χ4v) is 4.06. The topological polar surface area (TPSA) is 74.6 Å². The molecule has 0 fully saturated rings. The molecule has 2 amide bonds. The van der Waals surface area contributed by atoms with Crippen LogP contribution in [0.1, 0.15) is 44.6 Å². The lowest BCUT2D eigenvalue weighted by Gasteiger charge is -2.31. The molecule has 1 aromatic heterocycles. The van der Waals surface area contributed by atoms with Crippen LogP contribution in [0.5, 0.6) is 0 Å². The smallest absolute Gasteiger partial charge is 0.226 e. The van der Waals surface area contributed by atoms with Crippen LogP contribution in [0.4, 0.5) is 14.5 Å². The molecule has 0 saturated heterocycles. The summed E-state index contributed by atoms with van der Waals surface area (Å²) in [6, 6.07) is 2.20. The Morgan fingerprint density at radius 1 is 1.03 bits per heavy atom. The molecule has 1 aliphatic heterocycles. The lowest BCUT2D eigenvalue weighted by Crippen LogP contribution is -2.38. The number of hydrogen-bond donors (Lipinski definition) is 0. The molecule has 0 atom stereocenters. The van der Waals surface area contributed by atoms with Crippen LogP contribution in [0, 0.1) is 11.6 Å². The van der Waals surface area contributed by atoms with Gasteiger partial charge in [-0.15, -0.1) is 0 Å². The number of fused-ring (bicyclic) bond motifs is 1. The molecule has 10 heteroatoms. The molecule has 180 valence electrons. The van der Waals surface area contributed by atoms with E-state index >= 15 is 0 Å². The maximum atomic E-state index is 14.2. The van der Waals surface area contributed by atoms with Crippen molar-refractivity contribution in [1.29, 1.82) is 0 Å². The third kappa shape index (κ3) is 6.80. The first-order valence-electron chi connectivity index (χ1n) is 11.5. The van der Waals surface area contributed by atoms with Gasteiger partial charge in [0, 0.05) is 45.1 Å². The summed E-state index contributed by atoms with van der Waals surface area (Å²) >= 11 is 0. The summed E-state index contributed by atoms with van der Waals surface area (Å²) in [6.07, 6.45) is 5.66. The Labute approximate surface area is 193 Å². The predicted octanol–water partition coefficient (Wildman–Crippen LogP) is 2.83. The molecule has 2 heterocycles. The second-order valence-electron chi connectivity index (χ2n) is 8.38. The minimum atomic E-state index is -1.00. The predicted molar refractivity (Wildman–Crippen MR) is 120 cm³/mol. The Bertz CT molecular complexity index is 937. The van der Waals surface area contributed by atoms with Crippen molar-refractivity contribution in [3.05, 3.63) is 42.0 Å². The Balaban J connectivity index is 1.86. The van der Waals surface area contributed by atoms with Crippen molar-refractivity contribution in [1.82, 2.24) is 24.6 Å². The fourth-order valence-electron chi connectivity index (χ4n) is 4.06. The standard InChI is InChI=1S/C23H32F2N6O2/c1-3-22(32)31-12-6-9-28(2)8-5-10-29(15-18-13-19(24)20(25)14-21(18)31)23(33)7-4-11-30-17-26-16-27-30/h13-14,16-17H,3-12,15H2,1-2H3. The van der Waals surface area contributed by atoms with E-state index in [1.54, 1.807) is 22.8 Å². The van der Waals surface area contributed by atoms with E-state index in [2.05, 4.69) is 15.0 Å². The zero-order chi connectivity index (χ0) is 23.8. The molecule has 1 aliphatic rings. The lowest BCUT2D eigenvalue weighted by molar-refractivity contribution is -0.132. The SMILES string of the molecule is CCC(=O)N1CCCN(C)CCCN(C(=O)CCCn2cncn2)Cc2cc(F)c(F)cc21. The van der Waals surface area contributed by atoms with Crippen LogP contribution in [-0.2, 0) is 22.7 Å². The van der Waals surface area contributed by atoms with E-state index in [0.29, 0.717) is 50.1 Å². The van der Waals surface area contributed by atoms with Gasteiger partial charge in [0.25, 0.3) is 0 Å². The Morgan fingerprint density at radius 3 is 2.45 bits per heavy atom. The van der Waals surface area contributed by atoms with E-state index in [1.807, 2.05) is 7.05 Å². The fraction of sp³-hybridized carbons (Fsp3) is 0.565. The Hall–Kier alpha value is -2.88.